The molecule has 0 aliphatic heterocycles. The highest BCUT2D eigenvalue weighted by Gasteiger charge is 2.28. The van der Waals surface area contributed by atoms with Crippen LogP contribution in [0.3, 0.4) is 0 Å². The fourth-order valence-electron chi connectivity index (χ4n) is 1.65. The van der Waals surface area contributed by atoms with E-state index in [9.17, 15) is 17.6 Å². The number of benzene rings is 1. The summed E-state index contributed by atoms with van der Waals surface area (Å²) in [6.07, 6.45) is 1.88. The van der Waals surface area contributed by atoms with Gasteiger partial charge in [0, 0.05) is 0 Å². The van der Waals surface area contributed by atoms with Gasteiger partial charge in [-0.25, -0.2) is 22.2 Å². The molecule has 1 aromatic heterocycles. The first kappa shape index (κ1) is 17.0. The Morgan fingerprint density at radius 2 is 1.91 bits per heavy atom. The molecule has 1 aromatic carbocycles. The van der Waals surface area contributed by atoms with Gasteiger partial charge in [-0.15, -0.1) is 0 Å². The summed E-state index contributed by atoms with van der Waals surface area (Å²) in [6, 6.07) is 1.70. The Morgan fingerprint density at radius 1 is 1.30 bits per heavy atom. The smallest absolute Gasteiger partial charge is 0.188 e. The number of ether oxygens (including phenoxy) is 1. The second-order valence-corrected chi connectivity index (χ2v) is 4.81. The standard InChI is InChI=1S/C13H7BrF4N4O/c1-2-23-5-20-13-6(3-19)4-21-22(13)12-10(17)8(15)7(14)9(16)11(12)18/h4-5H,2H2,1H3/b20-5+. The van der Waals surface area contributed by atoms with Crippen LogP contribution in [-0.4, -0.2) is 22.8 Å². The van der Waals surface area contributed by atoms with Crippen molar-refractivity contribution in [3.05, 3.63) is 39.5 Å². The van der Waals surface area contributed by atoms with Crippen LogP contribution in [0.15, 0.2) is 15.7 Å². The van der Waals surface area contributed by atoms with Gasteiger partial charge in [-0.2, -0.15) is 15.4 Å². The van der Waals surface area contributed by atoms with Crippen molar-refractivity contribution in [2.24, 2.45) is 4.99 Å². The van der Waals surface area contributed by atoms with Crippen LogP contribution in [0.4, 0.5) is 23.4 Å². The molecule has 0 aliphatic carbocycles. The summed E-state index contributed by atoms with van der Waals surface area (Å²) in [4.78, 5) is 3.71. The minimum atomic E-state index is -1.68. The highest BCUT2D eigenvalue weighted by Crippen LogP contribution is 2.33. The third-order valence-corrected chi connectivity index (χ3v) is 3.38. The van der Waals surface area contributed by atoms with E-state index in [0.717, 1.165) is 12.6 Å². The Kier molecular flexibility index (Phi) is 5.00. The van der Waals surface area contributed by atoms with Crippen LogP contribution in [0.2, 0.25) is 0 Å². The second kappa shape index (κ2) is 6.78. The fraction of sp³-hybridized carbons (Fsp3) is 0.154. The molecule has 0 saturated carbocycles. The second-order valence-electron chi connectivity index (χ2n) is 4.01. The Bertz CT molecular complexity index is 799. The SMILES string of the molecule is CCO/C=N/c1c(C#N)cnn1-c1c(F)c(F)c(Br)c(F)c1F. The van der Waals surface area contributed by atoms with Crippen molar-refractivity contribution in [1.29, 1.82) is 5.26 Å². The maximum Gasteiger partial charge on any atom is 0.188 e. The van der Waals surface area contributed by atoms with E-state index >= 15 is 0 Å². The third-order valence-electron chi connectivity index (χ3n) is 2.68. The molecule has 5 nitrogen and oxygen atoms in total. The van der Waals surface area contributed by atoms with E-state index in [1.165, 1.54) is 0 Å². The van der Waals surface area contributed by atoms with Crippen molar-refractivity contribution in [2.75, 3.05) is 6.61 Å². The van der Waals surface area contributed by atoms with Crippen molar-refractivity contribution < 1.29 is 22.3 Å². The Balaban J connectivity index is 2.74. The number of hydrogen-bond acceptors (Lipinski definition) is 4. The monoisotopic (exact) mass is 390 g/mol. The third kappa shape index (κ3) is 2.92. The van der Waals surface area contributed by atoms with Crippen molar-refractivity contribution in [1.82, 2.24) is 9.78 Å². The van der Waals surface area contributed by atoms with Gasteiger partial charge in [-0.05, 0) is 22.9 Å². The van der Waals surface area contributed by atoms with Crippen molar-refractivity contribution in [3.8, 4) is 11.8 Å². The van der Waals surface area contributed by atoms with Crippen LogP contribution in [0.5, 0.6) is 0 Å². The summed E-state index contributed by atoms with van der Waals surface area (Å²) in [5.41, 5.74) is -1.29. The van der Waals surface area contributed by atoms with E-state index in [-0.39, 0.29) is 18.0 Å². The van der Waals surface area contributed by atoms with E-state index in [1.807, 2.05) is 0 Å². The van der Waals surface area contributed by atoms with Crippen LogP contribution in [0.25, 0.3) is 5.69 Å². The molecule has 0 radical (unpaired) electrons. The zero-order valence-electron chi connectivity index (χ0n) is 11.4. The molecule has 0 spiro atoms. The molecule has 0 atom stereocenters. The number of nitrogens with zero attached hydrogens (tertiary/aromatic N) is 4. The summed E-state index contributed by atoms with van der Waals surface area (Å²) in [7, 11) is 0. The molecule has 10 heteroatoms. The molecule has 23 heavy (non-hydrogen) atoms. The topological polar surface area (TPSA) is 63.2 Å². The summed E-state index contributed by atoms with van der Waals surface area (Å²) < 4.78 is 59.7. The first-order chi connectivity index (χ1) is 10.9. The zero-order chi connectivity index (χ0) is 17.1. The lowest BCUT2D eigenvalue weighted by atomic mass is 10.2. The summed E-state index contributed by atoms with van der Waals surface area (Å²) >= 11 is 2.41. The van der Waals surface area contributed by atoms with Crippen molar-refractivity contribution in [2.45, 2.75) is 6.92 Å². The number of nitriles is 1. The lowest BCUT2D eigenvalue weighted by molar-refractivity contribution is 0.343. The molecule has 2 rings (SSSR count). The summed E-state index contributed by atoms with van der Waals surface area (Å²) in [6.45, 7) is 1.91. The molecule has 0 bridgehead atoms. The minimum Gasteiger partial charge on any atom is -0.483 e. The first-order valence-corrected chi connectivity index (χ1v) is 6.87. The predicted molar refractivity (Wildman–Crippen MR) is 75.6 cm³/mol. The lowest BCUT2D eigenvalue weighted by Gasteiger charge is -2.10. The van der Waals surface area contributed by atoms with E-state index in [0.29, 0.717) is 4.68 Å². The van der Waals surface area contributed by atoms with E-state index < -0.39 is 33.4 Å². The molecule has 0 fully saturated rings. The van der Waals surface area contributed by atoms with Crippen LogP contribution in [0.1, 0.15) is 12.5 Å². The highest BCUT2D eigenvalue weighted by atomic mass is 79.9. The minimum absolute atomic E-state index is 0.163. The number of aromatic nitrogens is 2. The highest BCUT2D eigenvalue weighted by molar-refractivity contribution is 9.10. The molecule has 0 aliphatic rings. The molecule has 1 heterocycles. The van der Waals surface area contributed by atoms with Crippen LogP contribution >= 0.6 is 15.9 Å². The molecular weight excluding hydrogens is 384 g/mol. The van der Waals surface area contributed by atoms with Gasteiger partial charge in [-0.1, -0.05) is 0 Å². The van der Waals surface area contributed by atoms with E-state index in [2.05, 4.69) is 26.0 Å². The number of halogens is 5. The lowest BCUT2D eigenvalue weighted by Crippen LogP contribution is -2.09. The van der Waals surface area contributed by atoms with E-state index in [1.54, 1.807) is 13.0 Å². The van der Waals surface area contributed by atoms with Gasteiger partial charge in [0.05, 0.1) is 17.3 Å². The van der Waals surface area contributed by atoms with Crippen molar-refractivity contribution in [3.63, 3.8) is 0 Å². The average molecular weight is 391 g/mol. The normalized spacial score (nSPS) is 11.0. The molecule has 0 N–H and O–H groups in total. The van der Waals surface area contributed by atoms with Gasteiger partial charge in [0.15, 0.2) is 35.5 Å². The molecular formula is C13H7BrF4N4O. The van der Waals surface area contributed by atoms with Crippen LogP contribution in [-0.2, 0) is 4.74 Å². The van der Waals surface area contributed by atoms with Gasteiger partial charge < -0.3 is 4.74 Å². The number of hydrogen-bond donors (Lipinski definition) is 0. The predicted octanol–water partition coefficient (Wildman–Crippen LogP) is 3.76. The molecule has 0 saturated heterocycles. The van der Waals surface area contributed by atoms with Gasteiger partial charge in [0.25, 0.3) is 0 Å². The van der Waals surface area contributed by atoms with Crippen LogP contribution < -0.4 is 0 Å². The number of rotatable bonds is 4. The Hall–Kier alpha value is -2.41. The summed E-state index contributed by atoms with van der Waals surface area (Å²) in [5, 5.41) is 12.5. The fourth-order valence-corrected chi connectivity index (χ4v) is 2.00. The average Bonchev–Trinajstić information content (AvgIpc) is 2.94. The molecule has 0 amide bonds. The maximum atomic E-state index is 14.0. The van der Waals surface area contributed by atoms with Crippen LogP contribution in [0, 0.1) is 34.6 Å². The maximum absolute atomic E-state index is 14.0. The first-order valence-electron chi connectivity index (χ1n) is 6.08. The quantitative estimate of drug-likeness (QED) is 0.262. The molecule has 120 valence electrons. The zero-order valence-corrected chi connectivity index (χ0v) is 13.0. The number of aliphatic imine (C=N–C) groups is 1. The van der Waals surface area contributed by atoms with Gasteiger partial charge in [-0.3, -0.25) is 0 Å². The Labute approximate surface area is 135 Å². The van der Waals surface area contributed by atoms with Gasteiger partial charge >= 0.3 is 0 Å². The van der Waals surface area contributed by atoms with Gasteiger partial charge in [0.2, 0.25) is 0 Å². The molecule has 2 aromatic rings. The van der Waals surface area contributed by atoms with Crippen molar-refractivity contribution >= 4 is 28.1 Å². The molecule has 0 unspecified atom stereocenters. The van der Waals surface area contributed by atoms with E-state index in [4.69, 9.17) is 10.00 Å². The van der Waals surface area contributed by atoms with Gasteiger partial charge in [0.1, 0.15) is 17.3 Å². The largest absolute Gasteiger partial charge is 0.483 e. The summed E-state index contributed by atoms with van der Waals surface area (Å²) in [5.74, 6) is -6.97. The Morgan fingerprint density at radius 3 is 2.43 bits per heavy atom.